The number of alkyl carbamates (subject to hydrolysis) is 1. The van der Waals surface area contributed by atoms with E-state index in [0.29, 0.717) is 5.69 Å². The van der Waals surface area contributed by atoms with Crippen LogP contribution in [-0.2, 0) is 9.53 Å². The van der Waals surface area contributed by atoms with Crippen molar-refractivity contribution in [1.82, 2.24) is 5.32 Å². The number of amides is 2. The van der Waals surface area contributed by atoms with Crippen LogP contribution in [0.3, 0.4) is 0 Å². The molecule has 0 aliphatic heterocycles. The molecule has 0 heterocycles. The smallest absolute Gasteiger partial charge is 0.407 e. The van der Waals surface area contributed by atoms with Crippen molar-refractivity contribution in [3.05, 3.63) is 83.4 Å². The molecule has 8 heteroatoms. The number of rotatable bonds is 7. The zero-order valence-electron chi connectivity index (χ0n) is 18.7. The number of hydrogen-bond donors (Lipinski definition) is 3. The maximum Gasteiger partial charge on any atom is 0.407 e. The van der Waals surface area contributed by atoms with E-state index in [1.807, 2.05) is 36.4 Å². The Hall–Kier alpha value is -4.33. The van der Waals surface area contributed by atoms with Gasteiger partial charge in [-0.15, -0.1) is 0 Å². The molecule has 1 unspecified atom stereocenters. The van der Waals surface area contributed by atoms with Crippen LogP contribution in [0.4, 0.5) is 10.5 Å². The quantitative estimate of drug-likeness (QED) is 0.486. The molecular formula is C26H24N2O6. The summed E-state index contributed by atoms with van der Waals surface area (Å²) >= 11 is 0. The molecule has 0 spiro atoms. The van der Waals surface area contributed by atoms with Crippen molar-refractivity contribution < 1.29 is 29.0 Å². The molecule has 174 valence electrons. The average Bonchev–Trinajstić information content (AvgIpc) is 3.16. The van der Waals surface area contributed by atoms with Gasteiger partial charge in [-0.2, -0.15) is 0 Å². The van der Waals surface area contributed by atoms with Gasteiger partial charge in [-0.25, -0.2) is 9.59 Å². The number of anilines is 1. The number of nitrogens with one attached hydrogen (secondary N) is 2. The molecule has 1 aliphatic carbocycles. The highest BCUT2D eigenvalue weighted by Crippen LogP contribution is 2.44. The van der Waals surface area contributed by atoms with Gasteiger partial charge in [0.25, 0.3) is 0 Å². The minimum absolute atomic E-state index is 0.0229. The second-order valence-electron chi connectivity index (χ2n) is 7.90. The minimum atomic E-state index is -1.14. The summed E-state index contributed by atoms with van der Waals surface area (Å²) in [7, 11) is 1.34. The second-order valence-corrected chi connectivity index (χ2v) is 7.90. The fourth-order valence-electron chi connectivity index (χ4n) is 4.08. The van der Waals surface area contributed by atoms with Crippen molar-refractivity contribution in [2.24, 2.45) is 0 Å². The number of hydrogen-bond acceptors (Lipinski definition) is 5. The van der Waals surface area contributed by atoms with E-state index in [1.54, 1.807) is 0 Å². The number of carboxylic acid groups (broad SMARTS) is 1. The monoisotopic (exact) mass is 460 g/mol. The van der Waals surface area contributed by atoms with Crippen LogP contribution < -0.4 is 15.4 Å². The van der Waals surface area contributed by atoms with Crippen molar-refractivity contribution >= 4 is 23.7 Å². The molecule has 0 saturated heterocycles. The zero-order valence-corrected chi connectivity index (χ0v) is 18.7. The summed E-state index contributed by atoms with van der Waals surface area (Å²) in [6, 6.07) is 19.4. The molecule has 0 fully saturated rings. The van der Waals surface area contributed by atoms with Crippen LogP contribution in [-0.4, -0.2) is 42.8 Å². The summed E-state index contributed by atoms with van der Waals surface area (Å²) < 4.78 is 10.5. The van der Waals surface area contributed by atoms with E-state index < -0.39 is 24.0 Å². The Balaban J connectivity index is 1.36. The molecule has 0 radical (unpaired) electrons. The van der Waals surface area contributed by atoms with E-state index in [9.17, 15) is 14.4 Å². The lowest BCUT2D eigenvalue weighted by Gasteiger charge is -2.17. The second kappa shape index (κ2) is 9.66. The normalized spacial score (nSPS) is 12.8. The molecule has 1 atom stereocenters. The van der Waals surface area contributed by atoms with Crippen molar-refractivity contribution in [3.8, 4) is 16.9 Å². The van der Waals surface area contributed by atoms with Crippen LogP contribution in [0.5, 0.6) is 5.75 Å². The lowest BCUT2D eigenvalue weighted by molar-refractivity contribution is -0.117. The first kappa shape index (κ1) is 22.8. The number of carboxylic acids is 1. The third kappa shape index (κ3) is 4.56. The van der Waals surface area contributed by atoms with Crippen LogP contribution >= 0.6 is 0 Å². The summed E-state index contributed by atoms with van der Waals surface area (Å²) in [5, 5.41) is 14.3. The number of benzene rings is 3. The fraction of sp³-hybridized carbons (Fsp3) is 0.192. The summed E-state index contributed by atoms with van der Waals surface area (Å²) in [6.45, 7) is 1.67. The van der Waals surface area contributed by atoms with Crippen LogP contribution in [0.15, 0.2) is 66.7 Å². The Morgan fingerprint density at radius 2 is 1.59 bits per heavy atom. The van der Waals surface area contributed by atoms with Gasteiger partial charge in [0.2, 0.25) is 5.91 Å². The highest BCUT2D eigenvalue weighted by atomic mass is 16.5. The average molecular weight is 460 g/mol. The standard InChI is InChI=1S/C26H24N2O6/c1-15(24(29)28-16-11-12-21(25(30)31)23(13-16)33-2)27-26(32)34-14-22-19-9-5-3-7-17(19)18-8-4-6-10-20(18)22/h3-13,15,22H,14H2,1-2H3,(H,27,32)(H,28,29)(H,30,31). The number of carbonyl (C=O) groups excluding carboxylic acids is 2. The van der Waals surface area contributed by atoms with Gasteiger partial charge in [0.15, 0.2) is 0 Å². The van der Waals surface area contributed by atoms with E-state index in [-0.39, 0.29) is 23.8 Å². The molecule has 0 saturated carbocycles. The Bertz CT molecular complexity index is 1210. The van der Waals surface area contributed by atoms with E-state index in [2.05, 4.69) is 22.8 Å². The number of aromatic carboxylic acids is 1. The van der Waals surface area contributed by atoms with Gasteiger partial charge in [0.1, 0.15) is 24.0 Å². The summed E-state index contributed by atoms with van der Waals surface area (Å²) in [4.78, 5) is 36.1. The van der Waals surface area contributed by atoms with Crippen molar-refractivity contribution in [1.29, 1.82) is 0 Å². The number of ether oxygens (including phenoxy) is 2. The fourth-order valence-corrected chi connectivity index (χ4v) is 4.08. The van der Waals surface area contributed by atoms with Gasteiger partial charge in [0, 0.05) is 17.7 Å². The molecule has 0 aromatic heterocycles. The summed E-state index contributed by atoms with van der Waals surface area (Å²) in [5.41, 5.74) is 4.77. The van der Waals surface area contributed by atoms with Crippen LogP contribution in [0.2, 0.25) is 0 Å². The lowest BCUT2D eigenvalue weighted by atomic mass is 9.98. The molecule has 1 aliphatic rings. The molecule has 2 amide bonds. The zero-order chi connectivity index (χ0) is 24.2. The maximum absolute atomic E-state index is 12.5. The number of carbonyl (C=O) groups is 3. The highest BCUT2D eigenvalue weighted by Gasteiger charge is 2.29. The molecule has 3 aromatic rings. The molecule has 34 heavy (non-hydrogen) atoms. The van der Waals surface area contributed by atoms with Crippen LogP contribution in [0, 0.1) is 0 Å². The highest BCUT2D eigenvalue weighted by molar-refractivity contribution is 5.97. The largest absolute Gasteiger partial charge is 0.496 e. The van der Waals surface area contributed by atoms with Crippen molar-refractivity contribution in [2.75, 3.05) is 19.0 Å². The van der Waals surface area contributed by atoms with Gasteiger partial charge in [-0.3, -0.25) is 4.79 Å². The van der Waals surface area contributed by atoms with Crippen molar-refractivity contribution in [2.45, 2.75) is 18.9 Å². The van der Waals surface area contributed by atoms with Gasteiger partial charge < -0.3 is 25.2 Å². The first-order valence-corrected chi connectivity index (χ1v) is 10.7. The SMILES string of the molecule is COc1cc(NC(=O)C(C)NC(=O)OCC2c3ccccc3-c3ccccc32)ccc1C(=O)O. The lowest BCUT2D eigenvalue weighted by Crippen LogP contribution is -2.42. The Morgan fingerprint density at radius 3 is 2.18 bits per heavy atom. The number of fused-ring (bicyclic) bond motifs is 3. The predicted molar refractivity (Wildman–Crippen MR) is 126 cm³/mol. The third-order valence-corrected chi connectivity index (χ3v) is 5.77. The van der Waals surface area contributed by atoms with Crippen LogP contribution in [0.1, 0.15) is 34.3 Å². The van der Waals surface area contributed by atoms with Gasteiger partial charge >= 0.3 is 12.1 Å². The third-order valence-electron chi connectivity index (χ3n) is 5.77. The van der Waals surface area contributed by atoms with Crippen molar-refractivity contribution in [3.63, 3.8) is 0 Å². The predicted octanol–water partition coefficient (Wildman–Crippen LogP) is 4.26. The van der Waals surface area contributed by atoms with E-state index in [1.165, 1.54) is 32.2 Å². The van der Waals surface area contributed by atoms with Gasteiger partial charge in [-0.05, 0) is 41.3 Å². The van der Waals surface area contributed by atoms with Gasteiger partial charge in [-0.1, -0.05) is 48.5 Å². The van der Waals surface area contributed by atoms with Crippen LogP contribution in [0.25, 0.3) is 11.1 Å². The first-order chi connectivity index (χ1) is 16.4. The summed E-state index contributed by atoms with van der Waals surface area (Å²) in [5.74, 6) is -1.59. The molecule has 0 bridgehead atoms. The topological polar surface area (TPSA) is 114 Å². The molecular weight excluding hydrogens is 436 g/mol. The maximum atomic E-state index is 12.5. The van der Waals surface area contributed by atoms with E-state index in [0.717, 1.165) is 22.3 Å². The van der Waals surface area contributed by atoms with E-state index in [4.69, 9.17) is 14.6 Å². The molecule has 4 rings (SSSR count). The van der Waals surface area contributed by atoms with Gasteiger partial charge in [0.05, 0.1) is 7.11 Å². The Morgan fingerprint density at radius 1 is 0.971 bits per heavy atom. The Kier molecular flexibility index (Phi) is 6.49. The Labute approximate surface area is 196 Å². The summed E-state index contributed by atoms with van der Waals surface area (Å²) in [6.07, 6.45) is -0.705. The first-order valence-electron chi connectivity index (χ1n) is 10.7. The molecule has 8 nitrogen and oxygen atoms in total. The van der Waals surface area contributed by atoms with E-state index >= 15 is 0 Å². The minimum Gasteiger partial charge on any atom is -0.496 e. The number of methoxy groups -OCH3 is 1. The molecule has 3 N–H and O–H groups in total. The molecule has 3 aromatic carbocycles.